The highest BCUT2D eigenvalue weighted by Crippen LogP contribution is 2.28. The van der Waals surface area contributed by atoms with Gasteiger partial charge in [0.05, 0.1) is 0 Å². The van der Waals surface area contributed by atoms with E-state index in [4.69, 9.17) is 0 Å². The van der Waals surface area contributed by atoms with Gasteiger partial charge in [-0.15, -0.1) is 11.3 Å². The summed E-state index contributed by atoms with van der Waals surface area (Å²) in [6.45, 7) is 5.46. The summed E-state index contributed by atoms with van der Waals surface area (Å²) in [5.41, 5.74) is 1.64. The lowest BCUT2D eigenvalue weighted by Gasteiger charge is -2.05. The molecule has 2 heteroatoms. The summed E-state index contributed by atoms with van der Waals surface area (Å²) >= 11 is 2.03. The molecule has 0 atom stereocenters. The Labute approximate surface area is 96.9 Å². The molecule has 0 spiro atoms. The maximum absolute atomic E-state index is 3.50. The van der Waals surface area contributed by atoms with Crippen LogP contribution < -0.4 is 5.32 Å². The number of hydrogen-bond acceptors (Lipinski definition) is 2. The van der Waals surface area contributed by atoms with Crippen LogP contribution >= 0.6 is 11.3 Å². The van der Waals surface area contributed by atoms with Gasteiger partial charge < -0.3 is 5.32 Å². The maximum atomic E-state index is 3.50. The summed E-state index contributed by atoms with van der Waals surface area (Å²) in [4.78, 5) is 3.18. The normalized spacial score (nSPS) is 16.5. The van der Waals surface area contributed by atoms with Gasteiger partial charge in [-0.3, -0.25) is 0 Å². The van der Waals surface area contributed by atoms with Gasteiger partial charge in [-0.25, -0.2) is 0 Å². The number of aryl methyl sites for hydroxylation is 2. The fraction of sp³-hybridized carbons (Fsp3) is 0.692. The van der Waals surface area contributed by atoms with Gasteiger partial charge >= 0.3 is 0 Å². The van der Waals surface area contributed by atoms with E-state index in [2.05, 4.69) is 25.2 Å². The summed E-state index contributed by atoms with van der Waals surface area (Å²) in [5, 5.41) is 3.50. The topological polar surface area (TPSA) is 12.0 Å². The second-order valence-corrected chi connectivity index (χ2v) is 5.98. The highest BCUT2D eigenvalue weighted by molar-refractivity contribution is 7.12. The van der Waals surface area contributed by atoms with Crippen molar-refractivity contribution in [1.29, 1.82) is 0 Å². The minimum atomic E-state index is 0.590. The zero-order valence-corrected chi connectivity index (χ0v) is 10.6. The monoisotopic (exact) mass is 223 g/mol. The van der Waals surface area contributed by atoms with Crippen LogP contribution in [-0.2, 0) is 19.4 Å². The predicted octanol–water partition coefficient (Wildman–Crippen LogP) is 3.52. The molecule has 0 bridgehead atoms. The number of hydrogen-bond donors (Lipinski definition) is 1. The Morgan fingerprint density at radius 1 is 1.27 bits per heavy atom. The van der Waals surface area contributed by atoms with Crippen molar-refractivity contribution in [2.45, 2.75) is 58.5 Å². The van der Waals surface area contributed by atoms with Gasteiger partial charge in [0.15, 0.2) is 0 Å². The quantitative estimate of drug-likeness (QED) is 0.773. The van der Waals surface area contributed by atoms with Crippen LogP contribution in [0.1, 0.15) is 48.4 Å². The van der Waals surface area contributed by atoms with Gasteiger partial charge in [0.2, 0.25) is 0 Å². The van der Waals surface area contributed by atoms with Crippen molar-refractivity contribution in [3.05, 3.63) is 21.4 Å². The molecule has 15 heavy (non-hydrogen) atoms. The molecule has 1 aliphatic carbocycles. The van der Waals surface area contributed by atoms with Crippen LogP contribution in [0, 0.1) is 0 Å². The third-order valence-electron chi connectivity index (χ3n) is 2.98. The van der Waals surface area contributed by atoms with Crippen molar-refractivity contribution < 1.29 is 0 Å². The molecule has 1 aromatic heterocycles. The Bertz CT molecular complexity index is 291. The van der Waals surface area contributed by atoms with E-state index >= 15 is 0 Å². The lowest BCUT2D eigenvalue weighted by Crippen LogP contribution is -2.21. The van der Waals surface area contributed by atoms with Crippen LogP contribution in [0.2, 0.25) is 0 Å². The third kappa shape index (κ3) is 3.05. The Morgan fingerprint density at radius 2 is 2.07 bits per heavy atom. The predicted molar refractivity (Wildman–Crippen MR) is 67.6 cm³/mol. The van der Waals surface area contributed by atoms with Crippen molar-refractivity contribution in [1.82, 2.24) is 5.32 Å². The molecular weight excluding hydrogens is 202 g/mol. The molecule has 0 fully saturated rings. The van der Waals surface area contributed by atoms with Crippen molar-refractivity contribution in [2.75, 3.05) is 0 Å². The zero-order valence-electron chi connectivity index (χ0n) is 9.81. The highest BCUT2D eigenvalue weighted by atomic mass is 32.1. The molecule has 0 radical (unpaired) electrons. The molecule has 0 amide bonds. The van der Waals surface area contributed by atoms with Crippen molar-refractivity contribution >= 4 is 11.3 Å². The smallest absolute Gasteiger partial charge is 0.0302 e. The molecule has 1 heterocycles. The molecule has 0 saturated heterocycles. The van der Waals surface area contributed by atoms with Crippen LogP contribution in [0.25, 0.3) is 0 Å². The Kier molecular flexibility index (Phi) is 3.81. The second kappa shape index (κ2) is 5.13. The fourth-order valence-corrected chi connectivity index (χ4v) is 3.33. The first-order valence-electron chi connectivity index (χ1n) is 6.09. The van der Waals surface area contributed by atoms with E-state index in [0.29, 0.717) is 6.04 Å². The Morgan fingerprint density at radius 3 is 2.87 bits per heavy atom. The van der Waals surface area contributed by atoms with Crippen LogP contribution in [0.5, 0.6) is 0 Å². The average molecular weight is 223 g/mol. The largest absolute Gasteiger partial charge is 0.310 e. The number of rotatable bonds is 3. The first-order valence-corrected chi connectivity index (χ1v) is 6.91. The summed E-state index contributed by atoms with van der Waals surface area (Å²) in [7, 11) is 0. The van der Waals surface area contributed by atoms with Gasteiger partial charge in [0.25, 0.3) is 0 Å². The summed E-state index contributed by atoms with van der Waals surface area (Å²) in [6, 6.07) is 3.02. The van der Waals surface area contributed by atoms with Crippen molar-refractivity contribution in [2.24, 2.45) is 0 Å². The minimum Gasteiger partial charge on any atom is -0.310 e. The molecule has 1 aliphatic rings. The van der Waals surface area contributed by atoms with E-state index in [0.717, 1.165) is 6.54 Å². The minimum absolute atomic E-state index is 0.590. The molecule has 84 valence electrons. The Balaban J connectivity index is 2.02. The number of fused-ring (bicyclic) bond motifs is 1. The molecule has 2 rings (SSSR count). The SMILES string of the molecule is CC(C)NCc1cc2c(s1)CCCCC2. The average Bonchev–Trinajstić information content (AvgIpc) is 2.46. The molecule has 0 saturated carbocycles. The molecule has 1 nitrogen and oxygen atoms in total. The molecule has 1 aromatic rings. The summed E-state index contributed by atoms with van der Waals surface area (Å²) in [5.74, 6) is 0. The lowest BCUT2D eigenvalue weighted by molar-refractivity contribution is 0.593. The van der Waals surface area contributed by atoms with Crippen LogP contribution in [0.15, 0.2) is 6.07 Å². The fourth-order valence-electron chi connectivity index (χ4n) is 2.12. The first kappa shape index (κ1) is 11.2. The van der Waals surface area contributed by atoms with Crippen LogP contribution in [-0.4, -0.2) is 6.04 Å². The van der Waals surface area contributed by atoms with E-state index in [1.807, 2.05) is 11.3 Å². The van der Waals surface area contributed by atoms with Gasteiger partial charge in [0.1, 0.15) is 0 Å². The van der Waals surface area contributed by atoms with Gasteiger partial charge in [0, 0.05) is 22.3 Å². The molecule has 0 unspecified atom stereocenters. The summed E-state index contributed by atoms with van der Waals surface area (Å²) < 4.78 is 0. The van der Waals surface area contributed by atoms with Crippen LogP contribution in [0.3, 0.4) is 0 Å². The molecule has 0 aromatic carbocycles. The number of thiophene rings is 1. The van der Waals surface area contributed by atoms with E-state index in [-0.39, 0.29) is 0 Å². The third-order valence-corrected chi connectivity index (χ3v) is 4.22. The zero-order chi connectivity index (χ0) is 10.7. The second-order valence-electron chi connectivity index (χ2n) is 4.76. The number of nitrogens with one attached hydrogen (secondary N) is 1. The van der Waals surface area contributed by atoms with Gasteiger partial charge in [-0.1, -0.05) is 20.3 Å². The van der Waals surface area contributed by atoms with Crippen LogP contribution in [0.4, 0.5) is 0 Å². The van der Waals surface area contributed by atoms with Crippen molar-refractivity contribution in [3.8, 4) is 0 Å². The highest BCUT2D eigenvalue weighted by Gasteiger charge is 2.11. The Hall–Kier alpha value is -0.340. The van der Waals surface area contributed by atoms with E-state index < -0.39 is 0 Å². The lowest BCUT2D eigenvalue weighted by atomic mass is 10.1. The van der Waals surface area contributed by atoms with Crippen molar-refractivity contribution in [3.63, 3.8) is 0 Å². The van der Waals surface area contributed by atoms with E-state index in [1.165, 1.54) is 37.0 Å². The molecular formula is C13H21NS. The van der Waals surface area contributed by atoms with E-state index in [1.54, 1.807) is 10.4 Å². The van der Waals surface area contributed by atoms with E-state index in [9.17, 15) is 0 Å². The van der Waals surface area contributed by atoms with Gasteiger partial charge in [-0.2, -0.15) is 0 Å². The summed E-state index contributed by atoms with van der Waals surface area (Å²) in [6.07, 6.45) is 6.83. The molecule has 1 N–H and O–H groups in total. The maximum Gasteiger partial charge on any atom is 0.0302 e. The molecule has 0 aliphatic heterocycles. The van der Waals surface area contributed by atoms with Gasteiger partial charge in [-0.05, 0) is 37.3 Å². The first-order chi connectivity index (χ1) is 7.25. The standard InChI is InChI=1S/C13H21NS/c1-10(2)14-9-12-8-11-6-4-3-5-7-13(11)15-12/h8,10,14H,3-7,9H2,1-2H3.